The van der Waals surface area contributed by atoms with Gasteiger partial charge in [-0.3, -0.25) is 4.98 Å². The second kappa shape index (κ2) is 8.83. The smallest absolute Gasteiger partial charge is 0.155 e. The molecule has 0 radical (unpaired) electrons. The van der Waals surface area contributed by atoms with Gasteiger partial charge in [0.15, 0.2) is 5.65 Å². The van der Waals surface area contributed by atoms with Crippen LogP contribution in [-0.2, 0) is 4.74 Å². The van der Waals surface area contributed by atoms with Crippen molar-refractivity contribution in [2.24, 2.45) is 5.41 Å². The number of fused-ring (bicyclic) bond motifs is 1. The number of ether oxygens (including phenoxy) is 1. The van der Waals surface area contributed by atoms with Crippen molar-refractivity contribution in [1.29, 1.82) is 0 Å². The molecule has 7 nitrogen and oxygen atoms in total. The SMILES string of the molecule is C[C@H]1CC2(CCN(c3cnc(Sc4cccc(-c5cn6ccnc6cn5)c4Cl)cn3)CC2)CO1. The van der Waals surface area contributed by atoms with E-state index in [2.05, 4.69) is 26.8 Å². The van der Waals surface area contributed by atoms with Gasteiger partial charge in [0.25, 0.3) is 0 Å². The number of anilines is 1. The molecule has 3 aromatic heterocycles. The quantitative estimate of drug-likeness (QED) is 0.378. The van der Waals surface area contributed by atoms with Gasteiger partial charge in [-0.1, -0.05) is 35.5 Å². The Morgan fingerprint density at radius 1 is 1.09 bits per heavy atom. The van der Waals surface area contributed by atoms with Crippen LogP contribution in [0.25, 0.3) is 16.9 Å². The zero-order chi connectivity index (χ0) is 23.1. The van der Waals surface area contributed by atoms with Crippen LogP contribution in [0.3, 0.4) is 0 Å². The molecular weight excluding hydrogens is 468 g/mol. The number of nitrogens with zero attached hydrogens (tertiary/aromatic N) is 6. The zero-order valence-electron chi connectivity index (χ0n) is 18.9. The second-order valence-electron chi connectivity index (χ2n) is 9.21. The highest BCUT2D eigenvalue weighted by Crippen LogP contribution is 2.42. The van der Waals surface area contributed by atoms with Gasteiger partial charge in [0.1, 0.15) is 10.8 Å². The van der Waals surface area contributed by atoms with Crippen molar-refractivity contribution >= 4 is 34.8 Å². The van der Waals surface area contributed by atoms with Gasteiger partial charge in [0.05, 0.1) is 42.0 Å². The van der Waals surface area contributed by atoms with E-state index in [4.69, 9.17) is 21.3 Å². The van der Waals surface area contributed by atoms with E-state index in [-0.39, 0.29) is 0 Å². The fourth-order valence-corrected chi connectivity index (χ4v) is 6.12. The van der Waals surface area contributed by atoms with E-state index in [9.17, 15) is 0 Å². The third-order valence-corrected chi connectivity index (χ3v) is 8.39. The highest BCUT2D eigenvalue weighted by atomic mass is 35.5. The largest absolute Gasteiger partial charge is 0.378 e. The summed E-state index contributed by atoms with van der Waals surface area (Å²) in [5.41, 5.74) is 2.83. The summed E-state index contributed by atoms with van der Waals surface area (Å²) in [5, 5.41) is 1.46. The molecule has 0 aliphatic carbocycles. The molecule has 0 saturated carbocycles. The van der Waals surface area contributed by atoms with E-state index >= 15 is 0 Å². The van der Waals surface area contributed by atoms with Crippen molar-refractivity contribution < 1.29 is 4.74 Å². The molecule has 1 atom stereocenters. The number of hydrogen-bond acceptors (Lipinski definition) is 7. The van der Waals surface area contributed by atoms with Crippen LogP contribution in [0.2, 0.25) is 5.02 Å². The standard InChI is InChI=1S/C25H25ClN6OS/c1-17-11-25(16-33-17)5-8-31(9-6-25)22-13-30-23(14-29-22)34-20-4-2-3-18(24(20)26)19-15-32-10-7-27-21(32)12-28-19/h2-4,7,10,12-15,17H,5-6,8-9,11,16H2,1H3/t17-/m0/s1. The maximum atomic E-state index is 6.79. The molecule has 6 rings (SSSR count). The summed E-state index contributed by atoms with van der Waals surface area (Å²) in [7, 11) is 0. The molecule has 0 unspecified atom stereocenters. The fourth-order valence-electron chi connectivity index (χ4n) is 5.00. The molecule has 2 saturated heterocycles. The summed E-state index contributed by atoms with van der Waals surface area (Å²) in [4.78, 5) is 21.4. The second-order valence-corrected chi connectivity index (χ2v) is 10.7. The predicted octanol–water partition coefficient (Wildman–Crippen LogP) is 5.39. The zero-order valence-corrected chi connectivity index (χ0v) is 20.5. The first-order chi connectivity index (χ1) is 16.6. The molecule has 0 amide bonds. The summed E-state index contributed by atoms with van der Waals surface area (Å²) in [5.74, 6) is 0.934. The van der Waals surface area contributed by atoms with Crippen LogP contribution in [0.4, 0.5) is 5.82 Å². The van der Waals surface area contributed by atoms with Crippen LogP contribution in [0, 0.1) is 5.41 Å². The van der Waals surface area contributed by atoms with Crippen LogP contribution in [0.1, 0.15) is 26.2 Å². The lowest BCUT2D eigenvalue weighted by atomic mass is 9.77. The minimum absolute atomic E-state index is 0.359. The van der Waals surface area contributed by atoms with Crippen LogP contribution < -0.4 is 4.90 Å². The molecule has 2 aliphatic heterocycles. The fraction of sp³-hybridized carbons (Fsp3) is 0.360. The van der Waals surface area contributed by atoms with Gasteiger partial charge in [-0.05, 0) is 37.7 Å². The van der Waals surface area contributed by atoms with Crippen LogP contribution >= 0.6 is 23.4 Å². The van der Waals surface area contributed by atoms with E-state index in [1.54, 1.807) is 12.4 Å². The van der Waals surface area contributed by atoms with Gasteiger partial charge < -0.3 is 14.0 Å². The average Bonchev–Trinajstić information content (AvgIpc) is 3.47. The van der Waals surface area contributed by atoms with Crippen molar-refractivity contribution in [2.45, 2.75) is 42.2 Å². The van der Waals surface area contributed by atoms with E-state index in [0.29, 0.717) is 16.5 Å². The van der Waals surface area contributed by atoms with Gasteiger partial charge in [-0.15, -0.1) is 0 Å². The van der Waals surface area contributed by atoms with Crippen LogP contribution in [-0.4, -0.2) is 50.1 Å². The van der Waals surface area contributed by atoms with Gasteiger partial charge in [-0.25, -0.2) is 15.0 Å². The van der Waals surface area contributed by atoms with Crippen molar-refractivity contribution in [1.82, 2.24) is 24.3 Å². The van der Waals surface area contributed by atoms with Crippen molar-refractivity contribution in [2.75, 3.05) is 24.6 Å². The topological polar surface area (TPSA) is 68.4 Å². The molecule has 5 heterocycles. The molecule has 2 fully saturated rings. The Hall–Kier alpha value is -2.68. The van der Waals surface area contributed by atoms with Crippen LogP contribution in [0.5, 0.6) is 0 Å². The van der Waals surface area contributed by atoms with Gasteiger partial charge in [0, 0.05) is 42.1 Å². The molecular formula is C25H25ClN6OS. The molecule has 1 aromatic carbocycles. The van der Waals surface area contributed by atoms with Crippen molar-refractivity contribution in [3.05, 3.63) is 60.4 Å². The summed E-state index contributed by atoms with van der Waals surface area (Å²) in [6, 6.07) is 5.96. The summed E-state index contributed by atoms with van der Waals surface area (Å²) < 4.78 is 7.79. The maximum Gasteiger partial charge on any atom is 0.155 e. The number of rotatable bonds is 4. The molecule has 0 N–H and O–H groups in total. The Labute approximate surface area is 207 Å². The first kappa shape index (κ1) is 21.8. The van der Waals surface area contributed by atoms with Crippen molar-refractivity contribution in [3.8, 4) is 11.3 Å². The Kier molecular flexibility index (Phi) is 5.67. The maximum absolute atomic E-state index is 6.79. The van der Waals surface area contributed by atoms with E-state index < -0.39 is 0 Å². The lowest BCUT2D eigenvalue weighted by molar-refractivity contribution is 0.0976. The lowest BCUT2D eigenvalue weighted by Crippen LogP contribution is -2.41. The molecule has 1 spiro atoms. The summed E-state index contributed by atoms with van der Waals surface area (Å²) in [6.45, 7) is 5.08. The molecule has 34 heavy (non-hydrogen) atoms. The number of aromatic nitrogens is 5. The third kappa shape index (κ3) is 4.15. The Morgan fingerprint density at radius 3 is 2.74 bits per heavy atom. The van der Waals surface area contributed by atoms with Gasteiger partial charge in [0.2, 0.25) is 0 Å². The van der Waals surface area contributed by atoms with E-state index in [1.807, 2.05) is 47.4 Å². The number of halogens is 1. The predicted molar refractivity (Wildman–Crippen MR) is 133 cm³/mol. The Morgan fingerprint density at radius 2 is 1.97 bits per heavy atom. The third-order valence-electron chi connectivity index (χ3n) is 6.89. The van der Waals surface area contributed by atoms with Gasteiger partial charge in [-0.2, -0.15) is 0 Å². The average molecular weight is 493 g/mol. The highest BCUT2D eigenvalue weighted by Gasteiger charge is 2.41. The molecule has 9 heteroatoms. The molecule has 174 valence electrons. The monoisotopic (exact) mass is 492 g/mol. The number of piperidine rings is 1. The number of benzene rings is 1. The highest BCUT2D eigenvalue weighted by molar-refractivity contribution is 7.99. The Balaban J connectivity index is 1.16. The van der Waals surface area contributed by atoms with Gasteiger partial charge >= 0.3 is 0 Å². The van der Waals surface area contributed by atoms with Crippen molar-refractivity contribution in [3.63, 3.8) is 0 Å². The summed E-state index contributed by atoms with van der Waals surface area (Å²) >= 11 is 8.30. The molecule has 0 bridgehead atoms. The minimum Gasteiger partial charge on any atom is -0.378 e. The summed E-state index contributed by atoms with van der Waals surface area (Å²) in [6.07, 6.45) is 14.9. The first-order valence-electron chi connectivity index (χ1n) is 11.5. The normalized spacial score (nSPS) is 19.8. The number of hydrogen-bond donors (Lipinski definition) is 0. The Bertz CT molecular complexity index is 1320. The van der Waals surface area contributed by atoms with E-state index in [0.717, 1.165) is 65.2 Å². The lowest BCUT2D eigenvalue weighted by Gasteiger charge is -2.38. The number of imidazole rings is 1. The molecule has 4 aromatic rings. The minimum atomic E-state index is 0.359. The molecule has 2 aliphatic rings. The van der Waals surface area contributed by atoms with E-state index in [1.165, 1.54) is 18.2 Å². The van der Waals surface area contributed by atoms with Crippen LogP contribution in [0.15, 0.2) is 65.3 Å². The first-order valence-corrected chi connectivity index (χ1v) is 12.7.